The Bertz CT molecular complexity index is 645. The van der Waals surface area contributed by atoms with Crippen LogP contribution in [0.5, 0.6) is 0 Å². The second kappa shape index (κ2) is 6.21. The summed E-state index contributed by atoms with van der Waals surface area (Å²) in [6.45, 7) is 4.90. The molecule has 8 heteroatoms. The van der Waals surface area contributed by atoms with Gasteiger partial charge < -0.3 is 9.84 Å². The second-order valence-corrected chi connectivity index (χ2v) is 7.50. The highest BCUT2D eigenvalue weighted by Crippen LogP contribution is 2.10. The Morgan fingerprint density at radius 3 is 2.43 bits per heavy atom. The minimum absolute atomic E-state index is 0.0680. The van der Waals surface area contributed by atoms with Crippen LogP contribution in [0.4, 0.5) is 0 Å². The lowest BCUT2D eigenvalue weighted by Crippen LogP contribution is -2.29. The van der Waals surface area contributed by atoms with Crippen molar-refractivity contribution in [3.63, 3.8) is 0 Å². The number of carbonyl (C=O) groups is 2. The van der Waals surface area contributed by atoms with E-state index in [2.05, 4.69) is 4.98 Å². The second-order valence-electron chi connectivity index (χ2n) is 5.44. The topological polar surface area (TPSA) is 111 Å². The smallest absolute Gasteiger partial charge is 0.354 e. The molecule has 0 spiro atoms. The van der Waals surface area contributed by atoms with Gasteiger partial charge in [-0.1, -0.05) is 6.07 Å². The number of nitrogens with zero attached hydrogens (tertiary/aromatic N) is 1. The molecule has 0 bridgehead atoms. The first kappa shape index (κ1) is 17.1. The van der Waals surface area contributed by atoms with Gasteiger partial charge in [0, 0.05) is 0 Å². The van der Waals surface area contributed by atoms with Crippen LogP contribution in [0.2, 0.25) is 0 Å². The van der Waals surface area contributed by atoms with E-state index in [-0.39, 0.29) is 11.4 Å². The van der Waals surface area contributed by atoms with E-state index in [9.17, 15) is 18.0 Å². The lowest BCUT2D eigenvalue weighted by Gasteiger charge is -2.19. The Morgan fingerprint density at radius 2 is 1.90 bits per heavy atom. The van der Waals surface area contributed by atoms with Gasteiger partial charge in [-0.25, -0.2) is 18.2 Å². The third-order valence-corrected chi connectivity index (χ3v) is 3.56. The van der Waals surface area contributed by atoms with Crippen LogP contribution in [0.25, 0.3) is 0 Å². The largest absolute Gasteiger partial charge is 0.477 e. The van der Waals surface area contributed by atoms with Crippen LogP contribution in [0.1, 0.15) is 37.0 Å². The summed E-state index contributed by atoms with van der Waals surface area (Å²) in [5, 5.41) is 8.79. The van der Waals surface area contributed by atoms with Gasteiger partial charge in [0.2, 0.25) is 0 Å². The minimum Gasteiger partial charge on any atom is -0.477 e. The number of pyridine rings is 1. The zero-order chi connectivity index (χ0) is 16.3. The Hall–Kier alpha value is -1.96. The van der Waals surface area contributed by atoms with Crippen molar-refractivity contribution in [2.24, 2.45) is 0 Å². The highest BCUT2D eigenvalue weighted by atomic mass is 32.2. The van der Waals surface area contributed by atoms with Crippen LogP contribution >= 0.6 is 0 Å². The van der Waals surface area contributed by atoms with E-state index in [1.54, 1.807) is 20.8 Å². The quantitative estimate of drug-likeness (QED) is 0.808. The highest BCUT2D eigenvalue weighted by Gasteiger charge is 2.23. The van der Waals surface area contributed by atoms with Crippen LogP contribution in [0, 0.1) is 0 Å². The van der Waals surface area contributed by atoms with E-state index in [1.165, 1.54) is 18.2 Å². The molecule has 1 N–H and O–H groups in total. The van der Waals surface area contributed by atoms with E-state index < -0.39 is 38.9 Å². The fourth-order valence-corrected chi connectivity index (χ4v) is 2.64. The van der Waals surface area contributed by atoms with Crippen LogP contribution in [0.15, 0.2) is 18.2 Å². The van der Waals surface area contributed by atoms with Crippen LogP contribution < -0.4 is 0 Å². The van der Waals surface area contributed by atoms with Crippen molar-refractivity contribution < 1.29 is 27.9 Å². The third kappa shape index (κ3) is 6.35. The summed E-state index contributed by atoms with van der Waals surface area (Å²) in [5.41, 5.74) is -0.952. The van der Waals surface area contributed by atoms with Gasteiger partial charge in [0.25, 0.3) is 0 Å². The molecule has 1 heterocycles. The monoisotopic (exact) mass is 315 g/mol. The van der Waals surface area contributed by atoms with Gasteiger partial charge in [-0.05, 0) is 32.9 Å². The molecule has 1 rings (SSSR count). The Morgan fingerprint density at radius 1 is 1.29 bits per heavy atom. The summed E-state index contributed by atoms with van der Waals surface area (Å²) < 4.78 is 28.7. The number of hydrogen-bond acceptors (Lipinski definition) is 6. The average molecular weight is 315 g/mol. The maximum absolute atomic E-state index is 11.9. The van der Waals surface area contributed by atoms with Gasteiger partial charge >= 0.3 is 11.9 Å². The maximum Gasteiger partial charge on any atom is 0.354 e. The molecule has 0 aromatic carbocycles. The molecule has 116 valence electrons. The summed E-state index contributed by atoms with van der Waals surface area (Å²) in [6.07, 6.45) is 0. The molecule has 0 aliphatic carbocycles. The van der Waals surface area contributed by atoms with E-state index in [0.717, 1.165) is 0 Å². The molecule has 0 saturated heterocycles. The van der Waals surface area contributed by atoms with E-state index >= 15 is 0 Å². The number of carboxylic acid groups (broad SMARTS) is 1. The molecule has 0 unspecified atom stereocenters. The molecule has 0 fully saturated rings. The number of carbonyl (C=O) groups excluding carboxylic acids is 1. The molecule has 0 atom stereocenters. The Kier molecular flexibility index (Phi) is 5.06. The zero-order valence-electron chi connectivity index (χ0n) is 12.0. The molecule has 1 aromatic rings. The van der Waals surface area contributed by atoms with E-state index in [4.69, 9.17) is 9.84 Å². The molecule has 1 aromatic heterocycles. The summed E-state index contributed by atoms with van der Waals surface area (Å²) in [5.74, 6) is -3.39. The van der Waals surface area contributed by atoms with Crippen molar-refractivity contribution in [2.75, 3.05) is 5.75 Å². The van der Waals surface area contributed by atoms with Gasteiger partial charge in [0.15, 0.2) is 9.84 Å². The van der Waals surface area contributed by atoms with Crippen molar-refractivity contribution in [1.82, 2.24) is 4.98 Å². The zero-order valence-corrected chi connectivity index (χ0v) is 12.8. The summed E-state index contributed by atoms with van der Waals surface area (Å²) in [6, 6.07) is 4.04. The molecule has 0 saturated carbocycles. The van der Waals surface area contributed by atoms with Crippen molar-refractivity contribution in [3.05, 3.63) is 29.6 Å². The molecule has 0 radical (unpaired) electrons. The fourth-order valence-electron chi connectivity index (χ4n) is 1.51. The SMILES string of the molecule is CC(C)(C)OC(=O)CS(=O)(=O)Cc1cccc(C(=O)O)n1. The normalized spacial score (nSPS) is 12.0. The Labute approximate surface area is 122 Å². The van der Waals surface area contributed by atoms with Gasteiger partial charge in [-0.2, -0.15) is 0 Å². The molecule has 7 nitrogen and oxygen atoms in total. The van der Waals surface area contributed by atoms with Crippen molar-refractivity contribution in [1.29, 1.82) is 0 Å². The van der Waals surface area contributed by atoms with Crippen molar-refractivity contribution >= 4 is 21.8 Å². The number of carboxylic acids is 1. The number of ether oxygens (including phenoxy) is 1. The molecule has 0 aliphatic heterocycles. The summed E-state index contributed by atoms with van der Waals surface area (Å²) in [4.78, 5) is 26.0. The molecular formula is C13H17NO6S. The highest BCUT2D eigenvalue weighted by molar-refractivity contribution is 7.91. The molecule has 0 amide bonds. The van der Waals surface area contributed by atoms with E-state index in [1.807, 2.05) is 0 Å². The van der Waals surface area contributed by atoms with Crippen LogP contribution in [0.3, 0.4) is 0 Å². The van der Waals surface area contributed by atoms with Gasteiger partial charge in [0.05, 0.1) is 11.4 Å². The predicted molar refractivity (Wildman–Crippen MR) is 74.5 cm³/mol. The third-order valence-electron chi connectivity index (χ3n) is 2.15. The number of aromatic nitrogens is 1. The number of esters is 1. The number of hydrogen-bond donors (Lipinski definition) is 1. The lowest BCUT2D eigenvalue weighted by atomic mass is 10.2. The van der Waals surface area contributed by atoms with Crippen LogP contribution in [-0.2, 0) is 25.1 Å². The van der Waals surface area contributed by atoms with E-state index in [0.29, 0.717) is 0 Å². The van der Waals surface area contributed by atoms with Crippen LogP contribution in [-0.4, -0.2) is 41.8 Å². The maximum atomic E-state index is 11.9. The number of rotatable bonds is 5. The summed E-state index contributed by atoms with van der Waals surface area (Å²) >= 11 is 0. The summed E-state index contributed by atoms with van der Waals surface area (Å²) in [7, 11) is -3.78. The molecular weight excluding hydrogens is 298 g/mol. The predicted octanol–water partition coefficient (Wildman–Crippen LogP) is 1.04. The average Bonchev–Trinajstić information content (AvgIpc) is 2.24. The van der Waals surface area contributed by atoms with Gasteiger partial charge in [-0.3, -0.25) is 4.79 Å². The molecule has 0 aliphatic rings. The van der Waals surface area contributed by atoms with Gasteiger partial charge in [0.1, 0.15) is 17.0 Å². The fraction of sp³-hybridized carbons (Fsp3) is 0.462. The molecule has 21 heavy (non-hydrogen) atoms. The first-order valence-corrected chi connectivity index (χ1v) is 7.92. The standard InChI is InChI=1S/C13H17NO6S/c1-13(2,3)20-11(15)8-21(18,19)7-9-5-4-6-10(14-9)12(16)17/h4-6H,7-8H2,1-3H3,(H,16,17). The lowest BCUT2D eigenvalue weighted by molar-refractivity contribution is -0.151. The number of sulfone groups is 1. The minimum atomic E-state index is -3.78. The van der Waals surface area contributed by atoms with Gasteiger partial charge in [-0.15, -0.1) is 0 Å². The first-order valence-electron chi connectivity index (χ1n) is 6.10. The Balaban J connectivity index is 2.79. The first-order chi connectivity index (χ1) is 9.48. The number of aromatic carboxylic acids is 1. The van der Waals surface area contributed by atoms with Crippen molar-refractivity contribution in [2.45, 2.75) is 32.1 Å². The van der Waals surface area contributed by atoms with Crippen molar-refractivity contribution in [3.8, 4) is 0 Å².